The SMILES string of the molecule is C#CCOC[C@H](O)CN(CC=C)CC(=O)N1CCc2sccc2[C@H]1COc1ccc(OC)cc1. The molecule has 182 valence electrons. The lowest BCUT2D eigenvalue weighted by Gasteiger charge is -2.37. The van der Waals surface area contributed by atoms with Gasteiger partial charge in [0.1, 0.15) is 24.7 Å². The number of thiophene rings is 1. The normalized spacial score (nSPS) is 15.9. The second kappa shape index (κ2) is 13.2. The monoisotopic (exact) mass is 484 g/mol. The van der Waals surface area contributed by atoms with Crippen LogP contribution in [-0.4, -0.2) is 80.0 Å². The van der Waals surface area contributed by atoms with Crippen molar-refractivity contribution in [3.05, 3.63) is 58.8 Å². The smallest absolute Gasteiger partial charge is 0.237 e. The largest absolute Gasteiger partial charge is 0.497 e. The number of terminal acetylenes is 1. The average Bonchev–Trinajstić information content (AvgIpc) is 3.32. The number of aliphatic hydroxyl groups excluding tert-OH is 1. The Labute approximate surface area is 205 Å². The first kappa shape index (κ1) is 25.8. The highest BCUT2D eigenvalue weighted by Crippen LogP contribution is 2.34. The van der Waals surface area contributed by atoms with E-state index in [1.165, 1.54) is 4.88 Å². The van der Waals surface area contributed by atoms with Gasteiger partial charge in [-0.1, -0.05) is 12.0 Å². The van der Waals surface area contributed by atoms with Crippen molar-refractivity contribution in [1.82, 2.24) is 9.80 Å². The standard InChI is InChI=1S/C26H32N2O5S/c1-4-12-27(16-20(29)18-32-14-5-2)17-26(30)28-13-10-25-23(11-15-34-25)24(28)19-33-22-8-6-21(31-3)7-9-22/h2,4,6-9,11,15,20,24,29H,1,10,12-14,16-19H2,3H3/t20-,24-/m1/s1. The van der Waals surface area contributed by atoms with Crippen molar-refractivity contribution < 1.29 is 24.1 Å². The summed E-state index contributed by atoms with van der Waals surface area (Å²) < 4.78 is 16.5. The Bertz CT molecular complexity index is 968. The highest BCUT2D eigenvalue weighted by atomic mass is 32.1. The van der Waals surface area contributed by atoms with E-state index in [4.69, 9.17) is 20.6 Å². The van der Waals surface area contributed by atoms with Crippen molar-refractivity contribution in [3.63, 3.8) is 0 Å². The lowest BCUT2D eigenvalue weighted by atomic mass is 10.0. The minimum absolute atomic E-state index is 0.0150. The van der Waals surface area contributed by atoms with Crippen LogP contribution in [0.5, 0.6) is 11.5 Å². The molecule has 1 N–H and O–H groups in total. The average molecular weight is 485 g/mol. The number of hydrogen-bond acceptors (Lipinski definition) is 7. The van der Waals surface area contributed by atoms with Gasteiger partial charge in [0.25, 0.3) is 0 Å². The molecule has 0 fully saturated rings. The van der Waals surface area contributed by atoms with E-state index in [0.29, 0.717) is 19.7 Å². The molecule has 7 nitrogen and oxygen atoms in total. The molecule has 3 rings (SSSR count). The molecule has 0 aliphatic carbocycles. The van der Waals surface area contributed by atoms with Gasteiger partial charge >= 0.3 is 0 Å². The van der Waals surface area contributed by atoms with E-state index in [2.05, 4.69) is 23.9 Å². The first-order valence-electron chi connectivity index (χ1n) is 11.2. The summed E-state index contributed by atoms with van der Waals surface area (Å²) in [6.45, 7) is 5.94. The molecule has 1 aliphatic rings. The predicted octanol–water partition coefficient (Wildman–Crippen LogP) is 2.76. The van der Waals surface area contributed by atoms with Crippen LogP contribution in [0.25, 0.3) is 0 Å². The maximum Gasteiger partial charge on any atom is 0.237 e. The van der Waals surface area contributed by atoms with Crippen LogP contribution in [0, 0.1) is 12.3 Å². The molecular formula is C26H32N2O5S. The Hall–Kier alpha value is -2.83. The third-order valence-corrected chi connectivity index (χ3v) is 6.59. The number of ether oxygens (including phenoxy) is 3. The van der Waals surface area contributed by atoms with Gasteiger partial charge in [0, 0.05) is 24.5 Å². The van der Waals surface area contributed by atoms with Crippen LogP contribution in [0.3, 0.4) is 0 Å². The van der Waals surface area contributed by atoms with E-state index < -0.39 is 6.10 Å². The molecule has 2 heterocycles. The van der Waals surface area contributed by atoms with E-state index in [1.807, 2.05) is 34.1 Å². The number of amides is 1. The lowest BCUT2D eigenvalue weighted by molar-refractivity contribution is -0.136. The molecule has 1 amide bonds. The Morgan fingerprint density at radius 2 is 2.15 bits per heavy atom. The van der Waals surface area contributed by atoms with Crippen molar-refractivity contribution in [1.29, 1.82) is 0 Å². The van der Waals surface area contributed by atoms with Gasteiger partial charge in [0.15, 0.2) is 0 Å². The van der Waals surface area contributed by atoms with Crippen LogP contribution in [0.4, 0.5) is 0 Å². The molecule has 2 aromatic rings. The Morgan fingerprint density at radius 1 is 1.38 bits per heavy atom. The van der Waals surface area contributed by atoms with E-state index in [9.17, 15) is 9.90 Å². The van der Waals surface area contributed by atoms with E-state index >= 15 is 0 Å². The Balaban J connectivity index is 1.67. The summed E-state index contributed by atoms with van der Waals surface area (Å²) in [6, 6.07) is 9.31. The maximum absolute atomic E-state index is 13.4. The molecule has 0 unspecified atom stereocenters. The molecule has 2 atom stereocenters. The summed E-state index contributed by atoms with van der Waals surface area (Å²) >= 11 is 1.71. The topological polar surface area (TPSA) is 71.5 Å². The third-order valence-electron chi connectivity index (χ3n) is 5.59. The Kier molecular flexibility index (Phi) is 9.98. The molecule has 34 heavy (non-hydrogen) atoms. The summed E-state index contributed by atoms with van der Waals surface area (Å²) in [7, 11) is 1.62. The van der Waals surface area contributed by atoms with Gasteiger partial charge in [-0.15, -0.1) is 24.3 Å². The van der Waals surface area contributed by atoms with Gasteiger partial charge < -0.3 is 24.2 Å². The van der Waals surface area contributed by atoms with Crippen molar-refractivity contribution >= 4 is 17.2 Å². The minimum Gasteiger partial charge on any atom is -0.497 e. The second-order valence-electron chi connectivity index (χ2n) is 7.99. The zero-order valence-corrected chi connectivity index (χ0v) is 20.3. The summed E-state index contributed by atoms with van der Waals surface area (Å²) in [5, 5.41) is 12.3. The molecule has 8 heteroatoms. The summed E-state index contributed by atoms with van der Waals surface area (Å²) in [4.78, 5) is 18.4. The van der Waals surface area contributed by atoms with Crippen LogP contribution < -0.4 is 9.47 Å². The first-order valence-corrected chi connectivity index (χ1v) is 12.1. The summed E-state index contributed by atoms with van der Waals surface area (Å²) in [6.07, 6.45) is 6.97. The Morgan fingerprint density at radius 3 is 2.85 bits per heavy atom. The van der Waals surface area contributed by atoms with Gasteiger partial charge in [-0.3, -0.25) is 9.69 Å². The molecule has 1 aliphatic heterocycles. The molecule has 0 saturated heterocycles. The van der Waals surface area contributed by atoms with Crippen LogP contribution >= 0.6 is 11.3 Å². The van der Waals surface area contributed by atoms with E-state index in [0.717, 1.165) is 23.5 Å². The van der Waals surface area contributed by atoms with Crippen molar-refractivity contribution in [2.24, 2.45) is 0 Å². The number of aliphatic hydroxyl groups is 1. The minimum atomic E-state index is -0.750. The van der Waals surface area contributed by atoms with Gasteiger partial charge in [0.05, 0.1) is 32.4 Å². The molecule has 0 bridgehead atoms. The number of carbonyl (C=O) groups excluding carboxylic acids is 1. The predicted molar refractivity (Wildman–Crippen MR) is 133 cm³/mol. The maximum atomic E-state index is 13.4. The number of rotatable bonds is 13. The number of carbonyl (C=O) groups is 1. The van der Waals surface area contributed by atoms with Gasteiger partial charge in [-0.25, -0.2) is 0 Å². The number of hydrogen-bond donors (Lipinski definition) is 1. The third kappa shape index (κ3) is 7.08. The van der Waals surface area contributed by atoms with Crippen LogP contribution in [0.1, 0.15) is 16.5 Å². The highest BCUT2D eigenvalue weighted by molar-refractivity contribution is 7.10. The van der Waals surface area contributed by atoms with Crippen LogP contribution in [0.15, 0.2) is 48.4 Å². The van der Waals surface area contributed by atoms with Gasteiger partial charge in [-0.2, -0.15) is 0 Å². The number of nitrogens with zero attached hydrogens (tertiary/aromatic N) is 2. The second-order valence-corrected chi connectivity index (χ2v) is 9.00. The zero-order valence-electron chi connectivity index (χ0n) is 19.5. The molecule has 0 spiro atoms. The van der Waals surface area contributed by atoms with Crippen molar-refractivity contribution in [2.75, 3.05) is 53.1 Å². The van der Waals surface area contributed by atoms with E-state index in [-0.39, 0.29) is 38.3 Å². The van der Waals surface area contributed by atoms with Crippen molar-refractivity contribution in [3.8, 4) is 23.8 Å². The fourth-order valence-corrected chi connectivity index (χ4v) is 4.92. The molecule has 1 aromatic carbocycles. The molecule has 1 aromatic heterocycles. The van der Waals surface area contributed by atoms with Gasteiger partial charge in [0.2, 0.25) is 5.91 Å². The highest BCUT2D eigenvalue weighted by Gasteiger charge is 2.33. The molecule has 0 saturated carbocycles. The summed E-state index contributed by atoms with van der Waals surface area (Å²) in [5.41, 5.74) is 1.14. The molecule has 0 radical (unpaired) electrons. The number of methoxy groups -OCH3 is 1. The van der Waals surface area contributed by atoms with Crippen molar-refractivity contribution in [2.45, 2.75) is 18.6 Å². The fraction of sp³-hybridized carbons (Fsp3) is 0.423. The summed E-state index contributed by atoms with van der Waals surface area (Å²) in [5.74, 6) is 3.84. The lowest BCUT2D eigenvalue weighted by Crippen LogP contribution is -2.48. The van der Waals surface area contributed by atoms with E-state index in [1.54, 1.807) is 24.5 Å². The van der Waals surface area contributed by atoms with Crippen LogP contribution in [-0.2, 0) is 16.0 Å². The van der Waals surface area contributed by atoms with Crippen LogP contribution in [0.2, 0.25) is 0 Å². The quantitative estimate of drug-likeness (QED) is 0.268. The van der Waals surface area contributed by atoms with Gasteiger partial charge in [-0.05, 0) is 47.7 Å². The first-order chi connectivity index (χ1) is 16.5. The fourth-order valence-electron chi connectivity index (χ4n) is 3.99. The molecular weight excluding hydrogens is 452 g/mol. The zero-order chi connectivity index (χ0) is 24.3. The number of fused-ring (bicyclic) bond motifs is 1. The number of benzene rings is 1.